The smallest absolute Gasteiger partial charge is 0.312 e. The molecule has 0 radical (unpaired) electrons. The average Bonchev–Trinajstić information content (AvgIpc) is 3.57. The number of carbonyl (C=O) groups is 3. The van der Waals surface area contributed by atoms with E-state index in [9.17, 15) is 19.5 Å². The van der Waals surface area contributed by atoms with E-state index in [2.05, 4.69) is 29.1 Å². The highest BCUT2D eigenvalue weighted by atomic mass is 79.9. The molecular formula is C31H41BrN2O7. The Morgan fingerprint density at radius 1 is 1.17 bits per heavy atom. The number of hydrogen-bond donors (Lipinski definition) is 1. The van der Waals surface area contributed by atoms with Gasteiger partial charge in [0.15, 0.2) is 0 Å². The van der Waals surface area contributed by atoms with Crippen molar-refractivity contribution >= 4 is 39.4 Å². The maximum Gasteiger partial charge on any atom is 0.312 e. The number of alkyl halides is 1. The number of aliphatic hydroxyl groups excluding tert-OH is 1. The Morgan fingerprint density at radius 2 is 1.93 bits per heavy atom. The van der Waals surface area contributed by atoms with Crippen molar-refractivity contribution < 1.29 is 33.7 Å². The van der Waals surface area contributed by atoms with Crippen molar-refractivity contribution in [2.24, 2.45) is 11.8 Å². The van der Waals surface area contributed by atoms with Gasteiger partial charge >= 0.3 is 5.97 Å². The van der Waals surface area contributed by atoms with Gasteiger partial charge in [-0.1, -0.05) is 28.1 Å². The maximum absolute atomic E-state index is 14.5. The number of nitrogens with zero attached hydrogens (tertiary/aromatic N) is 2. The lowest BCUT2D eigenvalue weighted by Gasteiger charge is -2.37. The summed E-state index contributed by atoms with van der Waals surface area (Å²) >= 11 is 3.70. The van der Waals surface area contributed by atoms with Crippen LogP contribution in [0.1, 0.15) is 44.9 Å². The predicted molar refractivity (Wildman–Crippen MR) is 159 cm³/mol. The second kappa shape index (κ2) is 14.0. The predicted octanol–water partition coefficient (Wildman–Crippen LogP) is 4.02. The zero-order chi connectivity index (χ0) is 29.6. The molecule has 1 aromatic rings. The number of carbonyl (C=O) groups excluding carboxylic acids is 3. The third-order valence-electron chi connectivity index (χ3n) is 8.36. The first-order chi connectivity index (χ1) is 19.8. The van der Waals surface area contributed by atoms with E-state index in [1.54, 1.807) is 47.3 Å². The summed E-state index contributed by atoms with van der Waals surface area (Å²) in [5, 5.41) is 9.26. The van der Waals surface area contributed by atoms with Gasteiger partial charge in [-0.05, 0) is 69.2 Å². The number of methoxy groups -OCH3 is 1. The van der Waals surface area contributed by atoms with Crippen molar-refractivity contribution in [3.8, 4) is 5.75 Å². The minimum Gasteiger partial charge on any atom is -0.497 e. The Labute approximate surface area is 250 Å². The van der Waals surface area contributed by atoms with Gasteiger partial charge in [0.25, 0.3) is 5.91 Å². The molecule has 3 fully saturated rings. The minimum absolute atomic E-state index is 0.0597. The van der Waals surface area contributed by atoms with E-state index in [0.29, 0.717) is 50.1 Å². The van der Waals surface area contributed by atoms with Gasteiger partial charge in [-0.2, -0.15) is 0 Å². The number of hydrogen-bond acceptors (Lipinski definition) is 7. The maximum atomic E-state index is 14.5. The van der Waals surface area contributed by atoms with Crippen molar-refractivity contribution in [2.75, 3.05) is 38.3 Å². The van der Waals surface area contributed by atoms with Gasteiger partial charge < -0.3 is 29.1 Å². The summed E-state index contributed by atoms with van der Waals surface area (Å²) in [6, 6.07) is 6.22. The molecule has 3 saturated heterocycles. The van der Waals surface area contributed by atoms with Crippen LogP contribution in [-0.4, -0.2) is 83.8 Å². The molecule has 10 heteroatoms. The number of unbranched alkanes of at least 4 members (excludes halogenated alkanes) is 4. The zero-order valence-corrected chi connectivity index (χ0v) is 25.3. The third kappa shape index (κ3) is 6.10. The first-order valence-corrected chi connectivity index (χ1v) is 15.3. The summed E-state index contributed by atoms with van der Waals surface area (Å²) in [6.45, 7) is 8.44. The Morgan fingerprint density at radius 3 is 2.59 bits per heavy atom. The molecule has 0 aliphatic carbocycles. The number of aliphatic hydroxyl groups is 1. The Hall–Kier alpha value is -2.69. The Bertz CT molecular complexity index is 1110. The lowest BCUT2D eigenvalue weighted by atomic mass is 9.70. The van der Waals surface area contributed by atoms with Crippen LogP contribution in [0.4, 0.5) is 5.69 Å². The Kier molecular flexibility index (Phi) is 10.7. The SMILES string of the molecule is C=CCCCCOC(=O)[C@H]1[C@H]2C(=O)N(CCCCCO)C(C(=O)N(CC=C)c3ccc(OC)cc3)C23CC(Br)[C@@H]1O3. The van der Waals surface area contributed by atoms with Crippen molar-refractivity contribution in [3.05, 3.63) is 49.6 Å². The van der Waals surface area contributed by atoms with E-state index in [0.717, 1.165) is 12.8 Å². The summed E-state index contributed by atoms with van der Waals surface area (Å²) in [7, 11) is 1.58. The number of anilines is 1. The molecule has 2 bridgehead atoms. The number of amides is 2. The van der Waals surface area contributed by atoms with Gasteiger partial charge in [-0.3, -0.25) is 14.4 Å². The molecule has 4 rings (SSSR count). The fourth-order valence-electron chi connectivity index (χ4n) is 6.51. The van der Waals surface area contributed by atoms with Crippen LogP contribution < -0.4 is 9.64 Å². The summed E-state index contributed by atoms with van der Waals surface area (Å²) in [4.78, 5) is 45.1. The molecule has 0 saturated carbocycles. The van der Waals surface area contributed by atoms with Gasteiger partial charge in [-0.25, -0.2) is 0 Å². The number of ether oxygens (including phenoxy) is 3. The molecule has 6 atom stereocenters. The standard InChI is InChI=1S/C31H41BrN2O7/c1-4-6-7-11-19-40-30(38)24-25-28(36)34(17-9-8-10-18-35)27(31(25)20-23(32)26(24)41-31)29(37)33(16-5-2)21-12-14-22(39-3)15-13-21/h4-5,12-15,23-27,35H,1-2,6-11,16-20H2,3H3/t23?,24-,25-,26-,27?,31?/m0/s1. The molecule has 1 N–H and O–H groups in total. The highest BCUT2D eigenvalue weighted by molar-refractivity contribution is 9.09. The number of halogens is 1. The van der Waals surface area contributed by atoms with Crippen molar-refractivity contribution in [2.45, 2.75) is 67.5 Å². The molecule has 3 aliphatic heterocycles. The van der Waals surface area contributed by atoms with Crippen LogP contribution in [0.5, 0.6) is 5.75 Å². The molecule has 3 heterocycles. The summed E-state index contributed by atoms with van der Waals surface area (Å²) in [5.74, 6) is -1.94. The van der Waals surface area contributed by atoms with Gasteiger partial charge in [-0.15, -0.1) is 13.2 Å². The molecule has 0 aromatic heterocycles. The van der Waals surface area contributed by atoms with E-state index in [1.807, 2.05) is 6.08 Å². The molecule has 1 aromatic carbocycles. The summed E-state index contributed by atoms with van der Waals surface area (Å²) in [5.41, 5.74) is -0.524. The normalized spacial score (nSPS) is 27.9. The van der Waals surface area contributed by atoms with Crippen LogP contribution in [0.15, 0.2) is 49.6 Å². The van der Waals surface area contributed by atoms with E-state index in [1.165, 1.54) is 0 Å². The van der Waals surface area contributed by atoms with Crippen LogP contribution >= 0.6 is 15.9 Å². The molecular weight excluding hydrogens is 592 g/mol. The van der Waals surface area contributed by atoms with Crippen LogP contribution in [0, 0.1) is 11.8 Å². The van der Waals surface area contributed by atoms with Gasteiger partial charge in [0.1, 0.15) is 17.4 Å². The number of fused-ring (bicyclic) bond motifs is 1. The number of allylic oxidation sites excluding steroid dienone is 1. The monoisotopic (exact) mass is 632 g/mol. The van der Waals surface area contributed by atoms with Crippen molar-refractivity contribution in [1.82, 2.24) is 4.90 Å². The lowest BCUT2D eigenvalue weighted by molar-refractivity contribution is -0.155. The molecule has 3 aliphatic rings. The molecule has 1 spiro atoms. The molecule has 224 valence electrons. The first kappa shape index (κ1) is 31.3. The highest BCUT2D eigenvalue weighted by Gasteiger charge is 2.77. The topological polar surface area (TPSA) is 106 Å². The minimum atomic E-state index is -1.16. The number of benzene rings is 1. The Balaban J connectivity index is 1.67. The van der Waals surface area contributed by atoms with Gasteiger partial charge in [0.05, 0.1) is 31.7 Å². The van der Waals surface area contributed by atoms with Crippen molar-refractivity contribution in [1.29, 1.82) is 0 Å². The van der Waals surface area contributed by atoms with Gasteiger partial charge in [0.2, 0.25) is 5.91 Å². The fourth-order valence-corrected chi connectivity index (χ4v) is 7.45. The summed E-state index contributed by atoms with van der Waals surface area (Å²) in [6.07, 6.45) is 7.65. The van der Waals surface area contributed by atoms with Crippen LogP contribution in [0.3, 0.4) is 0 Å². The second-order valence-electron chi connectivity index (χ2n) is 10.9. The van der Waals surface area contributed by atoms with E-state index in [-0.39, 0.29) is 36.4 Å². The molecule has 41 heavy (non-hydrogen) atoms. The molecule has 3 unspecified atom stereocenters. The lowest BCUT2D eigenvalue weighted by Crippen LogP contribution is -2.57. The third-order valence-corrected chi connectivity index (χ3v) is 9.21. The fraction of sp³-hybridized carbons (Fsp3) is 0.581. The van der Waals surface area contributed by atoms with Crippen LogP contribution in [0.25, 0.3) is 0 Å². The van der Waals surface area contributed by atoms with E-state index in [4.69, 9.17) is 14.2 Å². The second-order valence-corrected chi connectivity index (χ2v) is 12.0. The first-order valence-electron chi connectivity index (χ1n) is 14.4. The molecule has 9 nitrogen and oxygen atoms in total. The number of esters is 1. The number of rotatable bonds is 16. The van der Waals surface area contributed by atoms with Crippen molar-refractivity contribution in [3.63, 3.8) is 0 Å². The highest BCUT2D eigenvalue weighted by Crippen LogP contribution is 2.60. The number of likely N-dealkylation sites (tertiary alicyclic amines) is 1. The van der Waals surface area contributed by atoms with Crippen LogP contribution in [0.2, 0.25) is 0 Å². The molecule has 2 amide bonds. The van der Waals surface area contributed by atoms with Gasteiger partial charge in [0, 0.05) is 30.2 Å². The van der Waals surface area contributed by atoms with E-state index >= 15 is 0 Å². The summed E-state index contributed by atoms with van der Waals surface area (Å²) < 4.78 is 17.5. The van der Waals surface area contributed by atoms with Crippen LogP contribution in [-0.2, 0) is 23.9 Å². The quantitative estimate of drug-likeness (QED) is 0.127. The largest absolute Gasteiger partial charge is 0.497 e. The van der Waals surface area contributed by atoms with E-state index < -0.39 is 35.6 Å². The average molecular weight is 634 g/mol. The zero-order valence-electron chi connectivity index (χ0n) is 23.7.